The van der Waals surface area contributed by atoms with E-state index in [1.807, 2.05) is 6.92 Å². The molecule has 1 N–H and O–H groups in total. The highest BCUT2D eigenvalue weighted by molar-refractivity contribution is 5.70. The van der Waals surface area contributed by atoms with E-state index in [4.69, 9.17) is 14.2 Å². The van der Waals surface area contributed by atoms with Gasteiger partial charge in [0.15, 0.2) is 6.54 Å². The lowest BCUT2D eigenvalue weighted by Crippen LogP contribution is -2.60. The fraction of sp³-hybridized carbons (Fsp3) is 0.950. The van der Waals surface area contributed by atoms with Crippen LogP contribution in [0, 0.1) is 11.3 Å². The van der Waals surface area contributed by atoms with Crippen molar-refractivity contribution < 1.29 is 28.6 Å². The molecule has 2 rings (SSSR count). The predicted octanol–water partition coefficient (Wildman–Crippen LogP) is 1.99. The first-order valence-corrected chi connectivity index (χ1v) is 10.1. The van der Waals surface area contributed by atoms with Gasteiger partial charge in [-0.1, -0.05) is 20.8 Å². The summed E-state index contributed by atoms with van der Waals surface area (Å²) in [5, 5.41) is 10.6. The normalized spacial score (nSPS) is 29.1. The smallest absolute Gasteiger partial charge is 0.361 e. The number of rotatable bonds is 8. The third kappa shape index (κ3) is 6.80. The molecule has 3 atom stereocenters. The Balaban J connectivity index is 1.86. The number of esters is 1. The second kappa shape index (κ2) is 9.49. The number of carbonyl (C=O) groups excluding carboxylic acids is 1. The molecule has 6 heteroatoms. The van der Waals surface area contributed by atoms with Crippen molar-refractivity contribution in [2.75, 3.05) is 52.6 Å². The van der Waals surface area contributed by atoms with Crippen LogP contribution in [0.1, 0.15) is 47.0 Å². The fourth-order valence-electron chi connectivity index (χ4n) is 4.75. The Bertz CT molecular complexity index is 447. The van der Waals surface area contributed by atoms with Crippen molar-refractivity contribution in [1.82, 2.24) is 0 Å². The highest BCUT2D eigenvalue weighted by atomic mass is 16.5. The van der Waals surface area contributed by atoms with Crippen molar-refractivity contribution in [2.45, 2.75) is 59.2 Å². The second-order valence-corrected chi connectivity index (χ2v) is 9.07. The third-order valence-electron chi connectivity index (χ3n) is 5.66. The Morgan fingerprint density at radius 1 is 1.31 bits per heavy atom. The molecule has 152 valence electrons. The minimum Gasteiger partial charge on any atom is -0.462 e. The Kier molecular flexibility index (Phi) is 7.89. The molecule has 0 aromatic rings. The molecule has 1 aliphatic carbocycles. The monoisotopic (exact) mass is 372 g/mol. The molecule has 0 bridgehead atoms. The molecule has 0 spiro atoms. The summed E-state index contributed by atoms with van der Waals surface area (Å²) in [6.07, 6.45) is 2.97. The summed E-state index contributed by atoms with van der Waals surface area (Å²) in [5.74, 6) is 0.452. The number of hydrogen-bond donors (Lipinski definition) is 1. The average molecular weight is 373 g/mol. The fourth-order valence-corrected chi connectivity index (χ4v) is 4.75. The second-order valence-electron chi connectivity index (χ2n) is 9.07. The first-order chi connectivity index (χ1) is 12.2. The summed E-state index contributed by atoms with van der Waals surface area (Å²) in [6, 6.07) is 0. The van der Waals surface area contributed by atoms with E-state index < -0.39 is 6.10 Å². The van der Waals surface area contributed by atoms with Gasteiger partial charge >= 0.3 is 5.97 Å². The quantitative estimate of drug-likeness (QED) is 0.521. The molecule has 1 saturated heterocycles. The summed E-state index contributed by atoms with van der Waals surface area (Å²) in [7, 11) is 0. The van der Waals surface area contributed by atoms with Gasteiger partial charge in [-0.15, -0.1) is 0 Å². The standard InChI is InChI=1S/C20H38NO5/c1-5-25-19(23)14-21(6-8-24-9-7-21)13-17(22)15-26-18-10-16(2)11-20(3,4)12-18/h16-18,22H,5-15H2,1-4H3/q+1/t16-,17+,18-/m1/s1. The Morgan fingerprint density at radius 3 is 2.62 bits per heavy atom. The van der Waals surface area contributed by atoms with E-state index in [1.165, 1.54) is 6.42 Å². The van der Waals surface area contributed by atoms with Gasteiger partial charge in [0.2, 0.25) is 0 Å². The molecule has 2 fully saturated rings. The van der Waals surface area contributed by atoms with Crippen LogP contribution < -0.4 is 0 Å². The molecular formula is C20H38NO5+. The summed E-state index contributed by atoms with van der Waals surface area (Å²) in [6.45, 7) is 12.9. The van der Waals surface area contributed by atoms with Crippen LogP contribution in [0.3, 0.4) is 0 Å². The van der Waals surface area contributed by atoms with Crippen molar-refractivity contribution in [1.29, 1.82) is 0 Å². The SMILES string of the molecule is CCOC(=O)C[N+]1(C[C@H](O)CO[C@@H]2C[C@@H](C)CC(C)(C)C2)CCOCC1. The molecule has 26 heavy (non-hydrogen) atoms. The Morgan fingerprint density at radius 2 is 2.00 bits per heavy atom. The van der Waals surface area contributed by atoms with Gasteiger partial charge in [-0.3, -0.25) is 0 Å². The molecule has 0 amide bonds. The molecule has 0 aromatic heterocycles. The van der Waals surface area contributed by atoms with Crippen LogP contribution in [0.5, 0.6) is 0 Å². The van der Waals surface area contributed by atoms with E-state index in [2.05, 4.69) is 20.8 Å². The zero-order chi connectivity index (χ0) is 19.2. The molecular weight excluding hydrogens is 334 g/mol. The van der Waals surface area contributed by atoms with Gasteiger partial charge in [0.05, 0.1) is 32.5 Å². The van der Waals surface area contributed by atoms with Gasteiger partial charge < -0.3 is 23.8 Å². The minimum atomic E-state index is -0.581. The average Bonchev–Trinajstić information content (AvgIpc) is 2.52. The van der Waals surface area contributed by atoms with Gasteiger partial charge in [-0.25, -0.2) is 4.79 Å². The number of ether oxygens (including phenoxy) is 3. The first kappa shape index (κ1) is 21.6. The Hall–Kier alpha value is -0.690. The lowest BCUT2D eigenvalue weighted by molar-refractivity contribution is -0.931. The van der Waals surface area contributed by atoms with Crippen molar-refractivity contribution in [3.63, 3.8) is 0 Å². The maximum absolute atomic E-state index is 12.0. The van der Waals surface area contributed by atoms with Crippen LogP contribution in [0.25, 0.3) is 0 Å². The van der Waals surface area contributed by atoms with E-state index in [1.54, 1.807) is 0 Å². The van der Waals surface area contributed by atoms with E-state index in [-0.39, 0.29) is 12.1 Å². The van der Waals surface area contributed by atoms with E-state index in [0.717, 1.165) is 25.9 Å². The van der Waals surface area contributed by atoms with Crippen LogP contribution in [-0.2, 0) is 19.0 Å². The van der Waals surface area contributed by atoms with Crippen molar-refractivity contribution in [3.05, 3.63) is 0 Å². The number of aliphatic hydroxyl groups is 1. The van der Waals surface area contributed by atoms with E-state index in [9.17, 15) is 9.90 Å². The summed E-state index contributed by atoms with van der Waals surface area (Å²) in [5.41, 5.74) is 0.301. The molecule has 0 unspecified atom stereocenters. The van der Waals surface area contributed by atoms with E-state index >= 15 is 0 Å². The number of quaternary nitrogens is 1. The van der Waals surface area contributed by atoms with Gasteiger partial charge in [-0.05, 0) is 37.5 Å². The number of morpholine rings is 1. The third-order valence-corrected chi connectivity index (χ3v) is 5.66. The summed E-state index contributed by atoms with van der Waals surface area (Å²) in [4.78, 5) is 12.0. The van der Waals surface area contributed by atoms with Crippen molar-refractivity contribution in [3.8, 4) is 0 Å². The molecule has 6 nitrogen and oxygen atoms in total. The van der Waals surface area contributed by atoms with Gasteiger partial charge in [0, 0.05) is 0 Å². The number of hydrogen-bond acceptors (Lipinski definition) is 5. The largest absolute Gasteiger partial charge is 0.462 e. The van der Waals surface area contributed by atoms with Gasteiger partial charge in [-0.2, -0.15) is 0 Å². The maximum atomic E-state index is 12.0. The highest BCUT2D eigenvalue weighted by Crippen LogP contribution is 2.39. The maximum Gasteiger partial charge on any atom is 0.361 e. The number of aliphatic hydroxyl groups excluding tert-OH is 1. The van der Waals surface area contributed by atoms with Crippen molar-refractivity contribution >= 4 is 5.97 Å². The van der Waals surface area contributed by atoms with Crippen LogP contribution in [-0.4, -0.2) is 80.4 Å². The predicted molar refractivity (Wildman–Crippen MR) is 99.7 cm³/mol. The van der Waals surface area contributed by atoms with Crippen molar-refractivity contribution in [2.24, 2.45) is 11.3 Å². The number of nitrogens with zero attached hydrogens (tertiary/aromatic N) is 1. The zero-order valence-corrected chi connectivity index (χ0v) is 17.0. The Labute approximate surface area is 158 Å². The van der Waals surface area contributed by atoms with Crippen LogP contribution in [0.15, 0.2) is 0 Å². The van der Waals surface area contributed by atoms with Crippen LogP contribution in [0.4, 0.5) is 0 Å². The van der Waals surface area contributed by atoms with Gasteiger partial charge in [0.25, 0.3) is 0 Å². The lowest BCUT2D eigenvalue weighted by Gasteiger charge is -2.42. The van der Waals surface area contributed by atoms with Gasteiger partial charge in [0.1, 0.15) is 25.7 Å². The molecule has 0 aromatic carbocycles. The number of carbonyl (C=O) groups is 1. The zero-order valence-electron chi connectivity index (χ0n) is 17.0. The summed E-state index contributed by atoms with van der Waals surface area (Å²) < 4.78 is 17.2. The molecule has 1 heterocycles. The molecule has 0 radical (unpaired) electrons. The first-order valence-electron chi connectivity index (χ1n) is 10.1. The molecule has 1 saturated carbocycles. The molecule has 2 aliphatic rings. The topological polar surface area (TPSA) is 65.0 Å². The minimum absolute atomic E-state index is 0.203. The lowest BCUT2D eigenvalue weighted by atomic mass is 9.71. The molecule has 1 aliphatic heterocycles. The van der Waals surface area contributed by atoms with E-state index in [0.29, 0.717) is 55.3 Å². The van der Waals surface area contributed by atoms with Crippen LogP contribution in [0.2, 0.25) is 0 Å². The highest BCUT2D eigenvalue weighted by Gasteiger charge is 2.37. The summed E-state index contributed by atoms with van der Waals surface area (Å²) >= 11 is 0. The van der Waals surface area contributed by atoms with Crippen LogP contribution >= 0.6 is 0 Å².